The molecule has 33 heavy (non-hydrogen) atoms. The molecule has 2 amide bonds. The Morgan fingerprint density at radius 3 is 2.15 bits per heavy atom. The second kappa shape index (κ2) is 11.5. The van der Waals surface area contributed by atoms with E-state index in [1.807, 2.05) is 43.3 Å². The molecular weight excluding hydrogens is 424 g/mol. The zero-order valence-corrected chi connectivity index (χ0v) is 18.6. The van der Waals surface area contributed by atoms with Crippen molar-refractivity contribution < 1.29 is 29.3 Å². The first-order valence-electron chi connectivity index (χ1n) is 11.2. The molecular formula is C25H30N2O6. The molecule has 0 fully saturated rings. The van der Waals surface area contributed by atoms with Crippen LogP contribution in [0.25, 0.3) is 11.1 Å². The summed E-state index contributed by atoms with van der Waals surface area (Å²) in [5.41, 5.74) is 4.49. The lowest BCUT2D eigenvalue weighted by Gasteiger charge is -2.20. The number of carbonyl (C=O) groups excluding carboxylic acids is 2. The Kier molecular flexibility index (Phi) is 8.43. The van der Waals surface area contributed by atoms with Crippen LogP contribution in [-0.4, -0.2) is 53.5 Å². The van der Waals surface area contributed by atoms with E-state index in [4.69, 9.17) is 14.9 Å². The SMILES string of the molecule is CCCCC(CC(=O)NC(CO)C(=O)O)NC(=O)OCC1c2ccccc2-c2ccccc21. The minimum Gasteiger partial charge on any atom is -0.480 e. The topological polar surface area (TPSA) is 125 Å². The van der Waals surface area contributed by atoms with Crippen molar-refractivity contribution in [1.29, 1.82) is 0 Å². The molecule has 2 aromatic rings. The standard InChI is InChI=1S/C25H30N2O6/c1-2-3-8-16(13-23(29)27-22(14-28)24(30)31)26-25(32)33-15-21-19-11-6-4-9-17(19)18-10-5-7-12-20(18)21/h4-7,9-12,16,21-22,28H,2-3,8,13-15H2,1H3,(H,26,32)(H,27,29)(H,30,31). The minimum atomic E-state index is -1.38. The van der Waals surface area contributed by atoms with Crippen molar-refractivity contribution in [3.05, 3.63) is 59.7 Å². The number of hydrogen-bond donors (Lipinski definition) is 4. The van der Waals surface area contributed by atoms with Crippen LogP contribution in [0.2, 0.25) is 0 Å². The van der Waals surface area contributed by atoms with E-state index in [-0.39, 0.29) is 18.9 Å². The molecule has 0 bridgehead atoms. The summed E-state index contributed by atoms with van der Waals surface area (Å²) in [6.45, 7) is 1.45. The average Bonchev–Trinajstić information content (AvgIpc) is 3.13. The molecule has 1 aliphatic rings. The predicted molar refractivity (Wildman–Crippen MR) is 123 cm³/mol. The fraction of sp³-hybridized carbons (Fsp3) is 0.400. The normalized spacial score (nSPS) is 14.0. The Bertz CT molecular complexity index is 947. The van der Waals surface area contributed by atoms with Crippen LogP contribution in [0.3, 0.4) is 0 Å². The first-order valence-corrected chi connectivity index (χ1v) is 11.2. The maximum atomic E-state index is 12.6. The van der Waals surface area contributed by atoms with Gasteiger partial charge in [0.25, 0.3) is 0 Å². The first-order chi connectivity index (χ1) is 15.9. The summed E-state index contributed by atoms with van der Waals surface area (Å²) in [5, 5.41) is 23.1. The van der Waals surface area contributed by atoms with Gasteiger partial charge in [-0.15, -0.1) is 0 Å². The zero-order valence-electron chi connectivity index (χ0n) is 18.6. The van der Waals surface area contributed by atoms with E-state index in [0.29, 0.717) is 6.42 Å². The molecule has 8 heteroatoms. The van der Waals surface area contributed by atoms with Gasteiger partial charge in [-0.05, 0) is 28.7 Å². The van der Waals surface area contributed by atoms with Gasteiger partial charge in [-0.2, -0.15) is 0 Å². The van der Waals surface area contributed by atoms with E-state index in [0.717, 1.165) is 35.1 Å². The molecule has 2 unspecified atom stereocenters. The van der Waals surface area contributed by atoms with Gasteiger partial charge < -0.3 is 25.6 Å². The number of aliphatic hydroxyl groups excluding tert-OH is 1. The van der Waals surface area contributed by atoms with Gasteiger partial charge >= 0.3 is 12.1 Å². The molecule has 0 saturated carbocycles. The number of ether oxygens (including phenoxy) is 1. The van der Waals surface area contributed by atoms with Crippen LogP contribution >= 0.6 is 0 Å². The van der Waals surface area contributed by atoms with E-state index in [1.54, 1.807) is 0 Å². The van der Waals surface area contributed by atoms with E-state index < -0.39 is 36.7 Å². The number of amides is 2. The van der Waals surface area contributed by atoms with Crippen molar-refractivity contribution >= 4 is 18.0 Å². The van der Waals surface area contributed by atoms with Crippen LogP contribution in [0.4, 0.5) is 4.79 Å². The van der Waals surface area contributed by atoms with Crippen molar-refractivity contribution in [1.82, 2.24) is 10.6 Å². The van der Waals surface area contributed by atoms with Crippen molar-refractivity contribution in [3.63, 3.8) is 0 Å². The largest absolute Gasteiger partial charge is 0.480 e. The summed E-state index contributed by atoms with van der Waals surface area (Å²) < 4.78 is 5.56. The fourth-order valence-electron chi connectivity index (χ4n) is 4.15. The lowest BCUT2D eigenvalue weighted by atomic mass is 9.98. The Labute approximate surface area is 193 Å². The van der Waals surface area contributed by atoms with Crippen LogP contribution in [0.1, 0.15) is 49.7 Å². The third-order valence-corrected chi connectivity index (χ3v) is 5.82. The third kappa shape index (κ3) is 6.10. The van der Waals surface area contributed by atoms with E-state index >= 15 is 0 Å². The molecule has 0 aromatic heterocycles. The molecule has 3 rings (SSSR count). The number of hydrogen-bond acceptors (Lipinski definition) is 5. The average molecular weight is 455 g/mol. The number of carboxylic acid groups (broad SMARTS) is 1. The van der Waals surface area contributed by atoms with Gasteiger partial charge in [0, 0.05) is 18.4 Å². The van der Waals surface area contributed by atoms with Crippen molar-refractivity contribution in [3.8, 4) is 11.1 Å². The number of nitrogens with one attached hydrogen (secondary N) is 2. The highest BCUT2D eigenvalue weighted by atomic mass is 16.5. The smallest absolute Gasteiger partial charge is 0.407 e. The molecule has 0 aliphatic heterocycles. The molecule has 0 saturated heterocycles. The van der Waals surface area contributed by atoms with Gasteiger partial charge in [0.15, 0.2) is 0 Å². The highest BCUT2D eigenvalue weighted by Crippen LogP contribution is 2.44. The number of aliphatic hydroxyl groups is 1. The molecule has 2 aromatic carbocycles. The number of unbranched alkanes of at least 4 members (excludes halogenated alkanes) is 1. The van der Waals surface area contributed by atoms with Crippen LogP contribution in [0, 0.1) is 0 Å². The van der Waals surface area contributed by atoms with Crippen molar-refractivity contribution in [2.45, 2.75) is 50.6 Å². The number of alkyl carbamates (subject to hydrolysis) is 1. The predicted octanol–water partition coefficient (Wildman–Crippen LogP) is 3.04. The lowest BCUT2D eigenvalue weighted by Crippen LogP contribution is -2.46. The monoisotopic (exact) mass is 454 g/mol. The summed E-state index contributed by atoms with van der Waals surface area (Å²) in [6, 6.07) is 14.2. The Morgan fingerprint density at radius 1 is 1.00 bits per heavy atom. The first kappa shape index (κ1) is 24.3. The number of carbonyl (C=O) groups is 3. The quantitative estimate of drug-likeness (QED) is 0.414. The van der Waals surface area contributed by atoms with Gasteiger partial charge in [-0.1, -0.05) is 68.3 Å². The summed E-state index contributed by atoms with van der Waals surface area (Å²) in [7, 11) is 0. The Balaban J connectivity index is 1.60. The molecule has 4 N–H and O–H groups in total. The molecule has 2 atom stereocenters. The van der Waals surface area contributed by atoms with Crippen LogP contribution < -0.4 is 10.6 Å². The maximum absolute atomic E-state index is 12.6. The van der Waals surface area contributed by atoms with Gasteiger partial charge in [0.05, 0.1) is 6.61 Å². The van der Waals surface area contributed by atoms with Gasteiger partial charge in [-0.3, -0.25) is 4.79 Å². The number of benzene rings is 2. The molecule has 0 spiro atoms. The zero-order chi connectivity index (χ0) is 23.8. The van der Waals surface area contributed by atoms with Gasteiger partial charge in [0.2, 0.25) is 5.91 Å². The second-order valence-corrected chi connectivity index (χ2v) is 8.15. The van der Waals surface area contributed by atoms with E-state index in [1.165, 1.54) is 0 Å². The molecule has 1 aliphatic carbocycles. The highest BCUT2D eigenvalue weighted by Gasteiger charge is 2.29. The van der Waals surface area contributed by atoms with Gasteiger partial charge in [0.1, 0.15) is 12.6 Å². The molecule has 8 nitrogen and oxygen atoms in total. The van der Waals surface area contributed by atoms with Crippen LogP contribution in [0.5, 0.6) is 0 Å². The maximum Gasteiger partial charge on any atom is 0.407 e. The number of rotatable bonds is 11. The fourth-order valence-corrected chi connectivity index (χ4v) is 4.15. The summed E-state index contributed by atoms with van der Waals surface area (Å²) in [4.78, 5) is 35.8. The number of fused-ring (bicyclic) bond motifs is 3. The molecule has 0 heterocycles. The van der Waals surface area contributed by atoms with Crippen molar-refractivity contribution in [2.75, 3.05) is 13.2 Å². The Morgan fingerprint density at radius 2 is 1.61 bits per heavy atom. The van der Waals surface area contributed by atoms with Crippen molar-refractivity contribution in [2.24, 2.45) is 0 Å². The lowest BCUT2D eigenvalue weighted by molar-refractivity contribution is -0.143. The van der Waals surface area contributed by atoms with Gasteiger partial charge in [-0.25, -0.2) is 9.59 Å². The third-order valence-electron chi connectivity index (χ3n) is 5.82. The summed E-state index contributed by atoms with van der Waals surface area (Å²) in [6.07, 6.45) is 1.48. The summed E-state index contributed by atoms with van der Waals surface area (Å²) in [5.74, 6) is -1.95. The number of carboxylic acids is 1. The second-order valence-electron chi connectivity index (χ2n) is 8.15. The number of aliphatic carboxylic acids is 1. The highest BCUT2D eigenvalue weighted by molar-refractivity contribution is 5.84. The van der Waals surface area contributed by atoms with Crippen LogP contribution in [-0.2, 0) is 14.3 Å². The minimum absolute atomic E-state index is 0.0681. The molecule has 176 valence electrons. The van der Waals surface area contributed by atoms with E-state index in [2.05, 4.69) is 22.8 Å². The Hall–Kier alpha value is -3.39. The van der Waals surface area contributed by atoms with Crippen LogP contribution in [0.15, 0.2) is 48.5 Å². The molecule has 0 radical (unpaired) electrons. The van der Waals surface area contributed by atoms with E-state index in [9.17, 15) is 14.4 Å². The summed E-state index contributed by atoms with van der Waals surface area (Å²) >= 11 is 0.